The van der Waals surface area contributed by atoms with E-state index in [1.54, 1.807) is 0 Å². The van der Waals surface area contributed by atoms with E-state index in [0.717, 1.165) is 0 Å². The third-order valence-corrected chi connectivity index (χ3v) is 4.80. The van der Waals surface area contributed by atoms with Gasteiger partial charge >= 0.3 is 0 Å². The lowest BCUT2D eigenvalue weighted by Crippen LogP contribution is -2.62. The highest BCUT2D eigenvalue weighted by Gasteiger charge is 2.34. The first-order valence-electron chi connectivity index (χ1n) is 9.41. The third kappa shape index (κ3) is 10.4. The smallest absolute Gasteiger partial charge is 0.245 e. The van der Waals surface area contributed by atoms with Gasteiger partial charge in [0.25, 0.3) is 0 Å². The van der Waals surface area contributed by atoms with Gasteiger partial charge in [0.05, 0.1) is 24.7 Å². The Balaban J connectivity index is 5.31. The van der Waals surface area contributed by atoms with Gasteiger partial charge in [-0.3, -0.25) is 24.0 Å². The minimum absolute atomic E-state index is 0.341. The summed E-state index contributed by atoms with van der Waals surface area (Å²) >= 11 is 1.48. The second kappa shape index (κ2) is 13.8. The second-order valence-electron chi connectivity index (χ2n) is 6.98. The van der Waals surface area contributed by atoms with E-state index in [-0.39, 0.29) is 0 Å². The maximum atomic E-state index is 12.6. The van der Waals surface area contributed by atoms with E-state index >= 15 is 0 Å². The van der Waals surface area contributed by atoms with Gasteiger partial charge in [0.15, 0.2) is 0 Å². The van der Waals surface area contributed by atoms with Crippen LogP contribution in [0.2, 0.25) is 0 Å². The van der Waals surface area contributed by atoms with Crippen LogP contribution in [-0.2, 0) is 24.0 Å². The van der Waals surface area contributed by atoms with E-state index in [1.165, 1.54) is 25.6 Å². The van der Waals surface area contributed by atoms with Gasteiger partial charge in [0, 0.05) is 0 Å². The average molecular weight is 465 g/mol. The van der Waals surface area contributed by atoms with Crippen LogP contribution in [0.25, 0.3) is 0 Å². The molecule has 0 heterocycles. The molecule has 0 aliphatic carbocycles. The summed E-state index contributed by atoms with van der Waals surface area (Å²) in [6, 6.07) is -5.43. The van der Waals surface area contributed by atoms with Crippen molar-refractivity contribution >= 4 is 41.3 Å². The first-order valence-corrected chi connectivity index (χ1v) is 10.8. The molecule has 5 amide bonds. The Morgan fingerprint density at radius 3 is 1.71 bits per heavy atom. The number of carbonyl (C=O) groups excluding carboxylic acids is 5. The number of hydrogen-bond donors (Lipinski definition) is 8. The number of primary amides is 2. The zero-order chi connectivity index (χ0) is 24.3. The van der Waals surface area contributed by atoms with Crippen LogP contribution in [0, 0.1) is 0 Å². The molecular formula is C17H32N6O7S. The standard InChI is InChI=1S/C17H32N6O7S/c1-7(24)12(16(29)21-10(14(20)27)6-11(19)26)23-17(30)13(8(2)25)22-15(28)9(18)4-5-31-3/h7-10,12-13,24-25H,4-6,18H2,1-3H3,(H2,19,26)(H2,20,27)(H,21,29)(H,22,28)(H,23,30)/t7-,8-,9+,10+,12+,13+/m1/s1. The fourth-order valence-electron chi connectivity index (χ4n) is 2.38. The van der Waals surface area contributed by atoms with Crippen LogP contribution in [0.5, 0.6) is 0 Å². The molecule has 13 nitrogen and oxygen atoms in total. The summed E-state index contributed by atoms with van der Waals surface area (Å²) < 4.78 is 0. The largest absolute Gasteiger partial charge is 0.391 e. The molecule has 6 atom stereocenters. The highest BCUT2D eigenvalue weighted by molar-refractivity contribution is 7.98. The molecule has 0 aromatic rings. The Bertz CT molecular complexity index is 661. The van der Waals surface area contributed by atoms with Gasteiger partial charge in [-0.05, 0) is 32.3 Å². The Morgan fingerprint density at radius 1 is 0.871 bits per heavy atom. The number of carbonyl (C=O) groups is 5. The number of aliphatic hydroxyl groups excluding tert-OH is 2. The van der Waals surface area contributed by atoms with Crippen molar-refractivity contribution in [3.05, 3.63) is 0 Å². The monoisotopic (exact) mass is 464 g/mol. The lowest BCUT2D eigenvalue weighted by molar-refractivity contribution is -0.137. The lowest BCUT2D eigenvalue weighted by Gasteiger charge is -2.27. The van der Waals surface area contributed by atoms with Crippen molar-refractivity contribution in [2.45, 2.75) is 63.1 Å². The van der Waals surface area contributed by atoms with Crippen molar-refractivity contribution in [2.75, 3.05) is 12.0 Å². The summed E-state index contributed by atoms with van der Waals surface area (Å²) in [5.74, 6) is -4.03. The molecule has 0 radical (unpaired) electrons. The highest BCUT2D eigenvalue weighted by atomic mass is 32.2. The molecule has 31 heavy (non-hydrogen) atoms. The molecular weight excluding hydrogens is 432 g/mol. The molecule has 14 heteroatoms. The van der Waals surface area contributed by atoms with Gasteiger partial charge in [0.2, 0.25) is 29.5 Å². The maximum absolute atomic E-state index is 12.6. The molecule has 0 aliphatic rings. The second-order valence-corrected chi connectivity index (χ2v) is 7.96. The molecule has 0 fully saturated rings. The van der Waals surface area contributed by atoms with E-state index in [4.69, 9.17) is 17.2 Å². The van der Waals surface area contributed by atoms with Crippen molar-refractivity contribution in [3.8, 4) is 0 Å². The summed E-state index contributed by atoms with van der Waals surface area (Å²) in [6.45, 7) is 2.43. The zero-order valence-electron chi connectivity index (χ0n) is 17.7. The number of hydrogen-bond acceptors (Lipinski definition) is 9. The molecule has 0 bridgehead atoms. The Labute approximate surface area is 184 Å². The van der Waals surface area contributed by atoms with Crippen LogP contribution in [0.3, 0.4) is 0 Å². The van der Waals surface area contributed by atoms with E-state index in [9.17, 15) is 34.2 Å². The van der Waals surface area contributed by atoms with Gasteiger partial charge in [0.1, 0.15) is 18.1 Å². The summed E-state index contributed by atoms with van der Waals surface area (Å²) in [6.07, 6.45) is -1.21. The topological polar surface area (TPSA) is 240 Å². The molecule has 0 saturated carbocycles. The Kier molecular flexibility index (Phi) is 12.7. The van der Waals surface area contributed by atoms with Gasteiger partial charge in [-0.15, -0.1) is 0 Å². The maximum Gasteiger partial charge on any atom is 0.245 e. The predicted molar refractivity (Wildman–Crippen MR) is 113 cm³/mol. The van der Waals surface area contributed by atoms with Gasteiger partial charge in [-0.2, -0.15) is 11.8 Å². The quantitative estimate of drug-likeness (QED) is 0.124. The summed E-state index contributed by atoms with van der Waals surface area (Å²) in [7, 11) is 0. The normalized spacial score (nSPS) is 16.7. The molecule has 0 aromatic carbocycles. The fourth-order valence-corrected chi connectivity index (χ4v) is 2.86. The first kappa shape index (κ1) is 28.6. The van der Waals surface area contributed by atoms with E-state index in [0.29, 0.717) is 12.2 Å². The number of amides is 5. The number of thioether (sulfide) groups is 1. The van der Waals surface area contributed by atoms with Gasteiger partial charge in [-0.25, -0.2) is 0 Å². The molecule has 0 rings (SSSR count). The van der Waals surface area contributed by atoms with E-state index in [2.05, 4.69) is 16.0 Å². The molecule has 0 aromatic heterocycles. The first-order chi connectivity index (χ1) is 14.3. The number of nitrogens with two attached hydrogens (primary N) is 3. The van der Waals surface area contributed by atoms with Gasteiger partial charge < -0.3 is 43.4 Å². The van der Waals surface area contributed by atoms with Crippen LogP contribution in [-0.4, -0.2) is 88.1 Å². The number of nitrogens with one attached hydrogen (secondary N) is 3. The SMILES string of the molecule is CSCC[C@H](N)C(=O)N[C@H](C(=O)N[C@H](C(=O)N[C@@H](CC(N)=O)C(N)=O)[C@@H](C)O)[C@@H](C)O. The average Bonchev–Trinajstić information content (AvgIpc) is 2.66. The van der Waals surface area contributed by atoms with Crippen LogP contribution in [0.1, 0.15) is 26.7 Å². The number of aliphatic hydroxyl groups is 2. The molecule has 0 spiro atoms. The van der Waals surface area contributed by atoms with Crippen molar-refractivity contribution < 1.29 is 34.2 Å². The molecule has 0 unspecified atom stereocenters. The van der Waals surface area contributed by atoms with Crippen LogP contribution >= 0.6 is 11.8 Å². The van der Waals surface area contributed by atoms with Crippen LogP contribution < -0.4 is 33.2 Å². The summed E-state index contributed by atoms with van der Waals surface area (Å²) in [5.41, 5.74) is 15.9. The van der Waals surface area contributed by atoms with Gasteiger partial charge in [-0.1, -0.05) is 0 Å². The summed E-state index contributed by atoms with van der Waals surface area (Å²) in [4.78, 5) is 59.6. The number of rotatable bonds is 14. The highest BCUT2D eigenvalue weighted by Crippen LogP contribution is 2.03. The minimum Gasteiger partial charge on any atom is -0.391 e. The predicted octanol–water partition coefficient (Wildman–Crippen LogP) is -4.36. The fraction of sp³-hybridized carbons (Fsp3) is 0.706. The molecule has 0 saturated heterocycles. The molecule has 11 N–H and O–H groups in total. The van der Waals surface area contributed by atoms with E-state index in [1.807, 2.05) is 6.26 Å². The van der Waals surface area contributed by atoms with Crippen LogP contribution in [0.4, 0.5) is 0 Å². The third-order valence-electron chi connectivity index (χ3n) is 4.16. The summed E-state index contributed by atoms with van der Waals surface area (Å²) in [5, 5.41) is 26.4. The minimum atomic E-state index is -1.59. The Morgan fingerprint density at radius 2 is 1.32 bits per heavy atom. The van der Waals surface area contributed by atoms with Crippen molar-refractivity contribution in [3.63, 3.8) is 0 Å². The zero-order valence-corrected chi connectivity index (χ0v) is 18.5. The molecule has 0 aliphatic heterocycles. The molecule has 178 valence electrons. The van der Waals surface area contributed by atoms with Crippen molar-refractivity contribution in [1.82, 2.24) is 16.0 Å². The van der Waals surface area contributed by atoms with E-state index < -0.39 is 72.3 Å². The Hall–Kier alpha value is -2.42. The van der Waals surface area contributed by atoms with Crippen LogP contribution in [0.15, 0.2) is 0 Å². The lowest BCUT2D eigenvalue weighted by atomic mass is 10.1. The van der Waals surface area contributed by atoms with Crippen molar-refractivity contribution in [1.29, 1.82) is 0 Å². The van der Waals surface area contributed by atoms with Crippen molar-refractivity contribution in [2.24, 2.45) is 17.2 Å².